The Morgan fingerprint density at radius 1 is 1.35 bits per heavy atom. The monoisotopic (exact) mass is 313 g/mol. The van der Waals surface area contributed by atoms with Crippen molar-refractivity contribution in [3.8, 4) is 0 Å². The Morgan fingerprint density at radius 2 is 2.17 bits per heavy atom. The standard InChI is InChI=1S/C18H27N5/c1-13(2)23-17(5-7-20-23)12-22-8-6-15(11-22)18-10-16(19-4)9-14(3)21-18/h5,7,9-10,13,15H,6,8,11-12H2,1-4H3,(H,19,21)/t15-/m0/s1. The summed E-state index contributed by atoms with van der Waals surface area (Å²) < 4.78 is 2.12. The van der Waals surface area contributed by atoms with Gasteiger partial charge in [0.05, 0.1) is 5.69 Å². The second-order valence-corrected chi connectivity index (χ2v) is 6.75. The van der Waals surface area contributed by atoms with E-state index in [0.717, 1.165) is 31.0 Å². The lowest BCUT2D eigenvalue weighted by molar-refractivity contribution is 0.309. The van der Waals surface area contributed by atoms with Crippen molar-refractivity contribution in [1.82, 2.24) is 19.7 Å². The number of aryl methyl sites for hydroxylation is 1. The number of rotatable bonds is 5. The topological polar surface area (TPSA) is 46.0 Å². The van der Waals surface area contributed by atoms with Crippen molar-refractivity contribution in [3.63, 3.8) is 0 Å². The van der Waals surface area contributed by atoms with E-state index in [0.29, 0.717) is 12.0 Å². The molecule has 1 atom stereocenters. The van der Waals surface area contributed by atoms with E-state index in [-0.39, 0.29) is 0 Å². The smallest absolute Gasteiger partial charge is 0.0527 e. The van der Waals surface area contributed by atoms with Crippen LogP contribution < -0.4 is 5.32 Å². The first-order valence-electron chi connectivity index (χ1n) is 8.48. The van der Waals surface area contributed by atoms with Gasteiger partial charge >= 0.3 is 0 Å². The van der Waals surface area contributed by atoms with Gasteiger partial charge in [-0.3, -0.25) is 14.6 Å². The minimum absolute atomic E-state index is 0.412. The molecule has 1 aliphatic heterocycles. The Bertz CT molecular complexity index is 661. The molecule has 5 nitrogen and oxygen atoms in total. The van der Waals surface area contributed by atoms with Crippen LogP contribution >= 0.6 is 0 Å². The number of likely N-dealkylation sites (tertiary alicyclic amines) is 1. The Balaban J connectivity index is 1.69. The van der Waals surface area contributed by atoms with E-state index in [1.54, 1.807) is 0 Å². The van der Waals surface area contributed by atoms with Crippen molar-refractivity contribution < 1.29 is 0 Å². The van der Waals surface area contributed by atoms with Gasteiger partial charge in [0.2, 0.25) is 0 Å². The van der Waals surface area contributed by atoms with Gasteiger partial charge in [-0.05, 0) is 51.9 Å². The molecule has 0 unspecified atom stereocenters. The molecule has 1 saturated heterocycles. The lowest BCUT2D eigenvalue weighted by Crippen LogP contribution is -2.22. The lowest BCUT2D eigenvalue weighted by Gasteiger charge is -2.18. The predicted molar refractivity (Wildman–Crippen MR) is 93.8 cm³/mol. The zero-order chi connectivity index (χ0) is 16.4. The summed E-state index contributed by atoms with van der Waals surface area (Å²) in [7, 11) is 1.96. The van der Waals surface area contributed by atoms with Crippen molar-refractivity contribution in [2.75, 3.05) is 25.5 Å². The lowest BCUT2D eigenvalue weighted by atomic mass is 10.0. The molecule has 0 aliphatic carbocycles. The van der Waals surface area contributed by atoms with Crippen LogP contribution in [0.4, 0.5) is 5.69 Å². The third-order valence-corrected chi connectivity index (χ3v) is 4.58. The molecule has 124 valence electrons. The van der Waals surface area contributed by atoms with Crippen LogP contribution in [0.1, 0.15) is 49.3 Å². The summed E-state index contributed by atoms with van der Waals surface area (Å²) in [5, 5.41) is 7.67. The predicted octanol–water partition coefficient (Wildman–Crippen LogP) is 3.20. The van der Waals surface area contributed by atoms with Gasteiger partial charge in [-0.25, -0.2) is 0 Å². The van der Waals surface area contributed by atoms with Crippen LogP contribution in [0.5, 0.6) is 0 Å². The highest BCUT2D eigenvalue weighted by atomic mass is 15.3. The van der Waals surface area contributed by atoms with Gasteiger partial charge in [0, 0.05) is 55.4 Å². The van der Waals surface area contributed by atoms with E-state index in [1.165, 1.54) is 17.8 Å². The highest BCUT2D eigenvalue weighted by molar-refractivity contribution is 5.45. The van der Waals surface area contributed by atoms with E-state index in [1.807, 2.05) is 13.2 Å². The summed E-state index contributed by atoms with van der Waals surface area (Å²) in [4.78, 5) is 7.27. The van der Waals surface area contributed by atoms with Crippen LogP contribution in [0.25, 0.3) is 0 Å². The number of hydrogen-bond donors (Lipinski definition) is 1. The minimum atomic E-state index is 0.412. The molecule has 2 aromatic rings. The molecule has 1 aliphatic rings. The summed E-state index contributed by atoms with van der Waals surface area (Å²) in [5.74, 6) is 0.525. The van der Waals surface area contributed by atoms with Crippen LogP contribution in [-0.2, 0) is 6.54 Å². The Labute approximate surface area is 138 Å². The van der Waals surface area contributed by atoms with E-state index in [9.17, 15) is 0 Å². The minimum Gasteiger partial charge on any atom is -0.388 e. The second-order valence-electron chi connectivity index (χ2n) is 6.75. The van der Waals surface area contributed by atoms with Gasteiger partial charge in [-0.2, -0.15) is 5.10 Å². The summed E-state index contributed by atoms with van der Waals surface area (Å²) >= 11 is 0. The fourth-order valence-corrected chi connectivity index (χ4v) is 3.43. The van der Waals surface area contributed by atoms with Gasteiger partial charge in [-0.15, -0.1) is 0 Å². The molecule has 3 heterocycles. The summed E-state index contributed by atoms with van der Waals surface area (Å²) in [6, 6.07) is 6.84. The van der Waals surface area contributed by atoms with E-state index >= 15 is 0 Å². The quantitative estimate of drug-likeness (QED) is 0.921. The van der Waals surface area contributed by atoms with Crippen molar-refractivity contribution >= 4 is 5.69 Å². The molecule has 3 rings (SSSR count). The van der Waals surface area contributed by atoms with Gasteiger partial charge in [-0.1, -0.05) is 0 Å². The second kappa shape index (κ2) is 6.71. The van der Waals surface area contributed by atoms with Crippen molar-refractivity contribution in [1.29, 1.82) is 0 Å². The van der Waals surface area contributed by atoms with Crippen LogP contribution in [0.2, 0.25) is 0 Å². The molecule has 0 bridgehead atoms. The molecule has 0 saturated carbocycles. The molecule has 1 fully saturated rings. The van der Waals surface area contributed by atoms with E-state index in [4.69, 9.17) is 4.98 Å². The first kappa shape index (κ1) is 16.0. The zero-order valence-corrected chi connectivity index (χ0v) is 14.6. The zero-order valence-electron chi connectivity index (χ0n) is 14.6. The molecule has 5 heteroatoms. The number of hydrogen-bond acceptors (Lipinski definition) is 4. The van der Waals surface area contributed by atoms with Gasteiger partial charge in [0.25, 0.3) is 0 Å². The average Bonchev–Trinajstić information content (AvgIpc) is 3.16. The number of nitrogens with zero attached hydrogens (tertiary/aromatic N) is 4. The molecule has 23 heavy (non-hydrogen) atoms. The third kappa shape index (κ3) is 3.55. The average molecular weight is 313 g/mol. The molecule has 0 spiro atoms. The fraction of sp³-hybridized carbons (Fsp3) is 0.556. The molecule has 0 amide bonds. The maximum Gasteiger partial charge on any atom is 0.0527 e. The fourth-order valence-electron chi connectivity index (χ4n) is 3.43. The maximum absolute atomic E-state index is 4.76. The maximum atomic E-state index is 4.76. The number of anilines is 1. The number of aromatic nitrogens is 3. The van der Waals surface area contributed by atoms with Crippen molar-refractivity contribution in [2.45, 2.75) is 45.7 Å². The molecule has 2 aromatic heterocycles. The summed E-state index contributed by atoms with van der Waals surface area (Å²) in [6.07, 6.45) is 3.08. The Morgan fingerprint density at radius 3 is 2.91 bits per heavy atom. The van der Waals surface area contributed by atoms with Crippen molar-refractivity contribution in [2.24, 2.45) is 0 Å². The van der Waals surface area contributed by atoms with Crippen LogP contribution in [-0.4, -0.2) is 39.8 Å². The molecule has 1 N–H and O–H groups in total. The third-order valence-electron chi connectivity index (χ3n) is 4.58. The number of pyridine rings is 1. The van der Waals surface area contributed by atoms with Crippen LogP contribution in [0.3, 0.4) is 0 Å². The van der Waals surface area contributed by atoms with Gasteiger partial charge < -0.3 is 5.32 Å². The largest absolute Gasteiger partial charge is 0.388 e. The number of nitrogens with one attached hydrogen (secondary N) is 1. The van der Waals surface area contributed by atoms with Crippen LogP contribution in [0.15, 0.2) is 24.4 Å². The van der Waals surface area contributed by atoms with Crippen LogP contribution in [0, 0.1) is 6.92 Å². The molecule has 0 aromatic carbocycles. The molecular formula is C18H27N5. The van der Waals surface area contributed by atoms with Crippen molar-refractivity contribution in [3.05, 3.63) is 41.5 Å². The normalized spacial score (nSPS) is 18.7. The highest BCUT2D eigenvalue weighted by Gasteiger charge is 2.26. The first-order chi connectivity index (χ1) is 11.1. The molecular weight excluding hydrogens is 286 g/mol. The highest BCUT2D eigenvalue weighted by Crippen LogP contribution is 2.29. The van der Waals surface area contributed by atoms with Gasteiger partial charge in [0.1, 0.15) is 0 Å². The van der Waals surface area contributed by atoms with E-state index in [2.05, 4.69) is 59.0 Å². The summed E-state index contributed by atoms with van der Waals surface area (Å²) in [5.41, 5.74) is 4.76. The Hall–Kier alpha value is -1.88. The Kier molecular flexibility index (Phi) is 4.66. The summed E-state index contributed by atoms with van der Waals surface area (Å²) in [6.45, 7) is 9.59. The molecule has 0 radical (unpaired) electrons. The van der Waals surface area contributed by atoms with Gasteiger partial charge in [0.15, 0.2) is 0 Å². The van der Waals surface area contributed by atoms with E-state index < -0.39 is 0 Å². The SMILES string of the molecule is CNc1cc(C)nc([C@H]2CCN(Cc3ccnn3C(C)C)C2)c1. The first-order valence-corrected chi connectivity index (χ1v) is 8.48.